The Kier molecular flexibility index (Phi) is 5.16. The molecule has 0 saturated heterocycles. The van der Waals surface area contributed by atoms with E-state index in [1.165, 1.54) is 5.56 Å². The first-order valence-corrected chi connectivity index (χ1v) is 9.71. The van der Waals surface area contributed by atoms with Gasteiger partial charge in [0.25, 0.3) is 0 Å². The van der Waals surface area contributed by atoms with Gasteiger partial charge in [0, 0.05) is 22.7 Å². The standard InChI is InChI=1S/C23H25N5O/c1-23(2,3)19-8-10-20(11-9-19)29-13-12-27-15-18(14-26-28-16-24-25-17-28)21-6-4-5-7-22(21)27/h4-11,14-17H,12-13H2,1-3H3/b26-14-. The number of para-hydroxylation sites is 1. The van der Waals surface area contributed by atoms with Gasteiger partial charge in [-0.2, -0.15) is 5.10 Å². The van der Waals surface area contributed by atoms with Crippen LogP contribution in [0.1, 0.15) is 31.9 Å². The Hall–Kier alpha value is -3.41. The summed E-state index contributed by atoms with van der Waals surface area (Å²) in [6.45, 7) is 7.98. The molecule has 0 unspecified atom stereocenters. The second kappa shape index (κ2) is 7.91. The number of fused-ring (bicyclic) bond motifs is 1. The number of rotatable bonds is 6. The summed E-state index contributed by atoms with van der Waals surface area (Å²) < 4.78 is 9.76. The Morgan fingerprint density at radius 2 is 1.72 bits per heavy atom. The van der Waals surface area contributed by atoms with E-state index in [1.807, 2.05) is 30.5 Å². The zero-order valence-corrected chi connectivity index (χ0v) is 17.0. The predicted molar refractivity (Wildman–Crippen MR) is 116 cm³/mol. The Balaban J connectivity index is 1.47. The van der Waals surface area contributed by atoms with Crippen molar-refractivity contribution in [2.24, 2.45) is 5.10 Å². The number of aromatic nitrogens is 4. The quantitative estimate of drug-likeness (QED) is 0.458. The molecule has 6 heteroatoms. The summed E-state index contributed by atoms with van der Waals surface area (Å²) in [6, 6.07) is 16.7. The van der Waals surface area contributed by atoms with Crippen LogP contribution in [-0.4, -0.2) is 32.3 Å². The highest BCUT2D eigenvalue weighted by Crippen LogP contribution is 2.24. The summed E-state index contributed by atoms with van der Waals surface area (Å²) in [6.07, 6.45) is 7.06. The second-order valence-corrected chi connectivity index (χ2v) is 8.00. The van der Waals surface area contributed by atoms with E-state index in [4.69, 9.17) is 4.74 Å². The van der Waals surface area contributed by atoms with Gasteiger partial charge in [0.1, 0.15) is 25.0 Å². The van der Waals surface area contributed by atoms with Crippen LogP contribution < -0.4 is 4.74 Å². The molecule has 2 heterocycles. The van der Waals surface area contributed by atoms with Crippen molar-refractivity contribution in [3.8, 4) is 5.75 Å². The molecule has 0 amide bonds. The molecule has 2 aromatic heterocycles. The van der Waals surface area contributed by atoms with Crippen LogP contribution >= 0.6 is 0 Å². The molecule has 0 aliphatic heterocycles. The summed E-state index contributed by atoms with van der Waals surface area (Å²) in [4.78, 5) is 0. The van der Waals surface area contributed by atoms with Gasteiger partial charge in [-0.3, -0.25) is 0 Å². The van der Waals surface area contributed by atoms with Gasteiger partial charge < -0.3 is 9.30 Å². The number of benzene rings is 2. The van der Waals surface area contributed by atoms with E-state index in [9.17, 15) is 0 Å². The molecule has 4 rings (SSSR count). The second-order valence-electron chi connectivity index (χ2n) is 8.00. The molecular weight excluding hydrogens is 362 g/mol. The van der Waals surface area contributed by atoms with E-state index in [1.54, 1.807) is 17.3 Å². The van der Waals surface area contributed by atoms with Gasteiger partial charge in [0.15, 0.2) is 0 Å². The third-order valence-electron chi connectivity index (χ3n) is 4.88. The van der Waals surface area contributed by atoms with E-state index in [0.717, 1.165) is 28.8 Å². The predicted octanol–water partition coefficient (Wildman–Crippen LogP) is 4.49. The number of hydrogen-bond acceptors (Lipinski definition) is 4. The van der Waals surface area contributed by atoms with Crippen molar-refractivity contribution in [1.82, 2.24) is 19.4 Å². The monoisotopic (exact) mass is 387 g/mol. The van der Waals surface area contributed by atoms with Crippen LogP contribution in [0.5, 0.6) is 5.75 Å². The van der Waals surface area contributed by atoms with Gasteiger partial charge in [-0.25, -0.2) is 4.68 Å². The minimum Gasteiger partial charge on any atom is -0.492 e. The number of hydrogen-bond donors (Lipinski definition) is 0. The maximum absolute atomic E-state index is 5.98. The van der Waals surface area contributed by atoms with Crippen molar-refractivity contribution in [2.45, 2.75) is 32.7 Å². The molecule has 4 aromatic rings. The Morgan fingerprint density at radius 3 is 2.45 bits per heavy atom. The Bertz CT molecular complexity index is 1100. The van der Waals surface area contributed by atoms with Crippen molar-refractivity contribution in [2.75, 3.05) is 6.61 Å². The third-order valence-corrected chi connectivity index (χ3v) is 4.88. The molecule has 6 nitrogen and oxygen atoms in total. The topological polar surface area (TPSA) is 57.2 Å². The molecular formula is C23H25N5O. The zero-order valence-electron chi connectivity index (χ0n) is 17.0. The lowest BCUT2D eigenvalue weighted by molar-refractivity contribution is 0.300. The lowest BCUT2D eigenvalue weighted by Gasteiger charge is -2.19. The first-order chi connectivity index (χ1) is 14.0. The van der Waals surface area contributed by atoms with Crippen molar-refractivity contribution in [1.29, 1.82) is 0 Å². The normalized spacial score (nSPS) is 12.1. The van der Waals surface area contributed by atoms with Crippen LogP contribution in [-0.2, 0) is 12.0 Å². The van der Waals surface area contributed by atoms with Gasteiger partial charge in [-0.1, -0.05) is 51.1 Å². The van der Waals surface area contributed by atoms with E-state index >= 15 is 0 Å². The van der Waals surface area contributed by atoms with Crippen LogP contribution in [0, 0.1) is 0 Å². The molecule has 0 atom stereocenters. The molecule has 0 fully saturated rings. The lowest BCUT2D eigenvalue weighted by Crippen LogP contribution is -2.11. The van der Waals surface area contributed by atoms with Crippen LogP contribution in [0.25, 0.3) is 10.9 Å². The van der Waals surface area contributed by atoms with Crippen molar-refractivity contribution < 1.29 is 4.74 Å². The van der Waals surface area contributed by atoms with E-state index in [-0.39, 0.29) is 5.41 Å². The number of ether oxygens (including phenoxy) is 1. The van der Waals surface area contributed by atoms with E-state index in [0.29, 0.717) is 6.61 Å². The van der Waals surface area contributed by atoms with Crippen molar-refractivity contribution in [3.05, 3.63) is 78.5 Å². The average Bonchev–Trinajstić information content (AvgIpc) is 3.34. The summed E-state index contributed by atoms with van der Waals surface area (Å²) in [7, 11) is 0. The maximum Gasteiger partial charge on any atom is 0.141 e. The molecule has 148 valence electrons. The molecule has 29 heavy (non-hydrogen) atoms. The number of nitrogens with zero attached hydrogens (tertiary/aromatic N) is 5. The van der Waals surface area contributed by atoms with Crippen LogP contribution in [0.4, 0.5) is 0 Å². The molecule has 0 bridgehead atoms. The van der Waals surface area contributed by atoms with Crippen LogP contribution in [0.2, 0.25) is 0 Å². The Labute approximate surface area is 170 Å². The molecule has 0 aliphatic rings. The summed E-state index contributed by atoms with van der Waals surface area (Å²) in [5, 5.41) is 13.1. The van der Waals surface area contributed by atoms with Crippen LogP contribution in [0.3, 0.4) is 0 Å². The first-order valence-electron chi connectivity index (χ1n) is 9.71. The maximum atomic E-state index is 5.98. The smallest absolute Gasteiger partial charge is 0.141 e. The fourth-order valence-corrected chi connectivity index (χ4v) is 3.26. The fourth-order valence-electron chi connectivity index (χ4n) is 3.26. The average molecular weight is 387 g/mol. The van der Waals surface area contributed by atoms with Gasteiger partial charge in [-0.15, -0.1) is 10.2 Å². The highest BCUT2D eigenvalue weighted by atomic mass is 16.5. The molecule has 0 saturated carbocycles. The van der Waals surface area contributed by atoms with E-state index < -0.39 is 0 Å². The van der Waals surface area contributed by atoms with Gasteiger partial charge in [0.2, 0.25) is 0 Å². The van der Waals surface area contributed by atoms with E-state index in [2.05, 4.69) is 71.1 Å². The molecule has 0 spiro atoms. The third kappa shape index (κ3) is 4.37. The van der Waals surface area contributed by atoms with Gasteiger partial charge in [0.05, 0.1) is 12.8 Å². The van der Waals surface area contributed by atoms with Crippen molar-refractivity contribution in [3.63, 3.8) is 0 Å². The minimum atomic E-state index is 0.146. The summed E-state index contributed by atoms with van der Waals surface area (Å²) >= 11 is 0. The highest BCUT2D eigenvalue weighted by molar-refractivity contribution is 5.99. The van der Waals surface area contributed by atoms with Crippen LogP contribution in [0.15, 0.2) is 72.5 Å². The zero-order chi connectivity index (χ0) is 20.3. The fraction of sp³-hybridized carbons (Fsp3) is 0.261. The minimum absolute atomic E-state index is 0.146. The molecule has 0 aliphatic carbocycles. The largest absolute Gasteiger partial charge is 0.492 e. The highest BCUT2D eigenvalue weighted by Gasteiger charge is 2.13. The summed E-state index contributed by atoms with van der Waals surface area (Å²) in [5.74, 6) is 0.892. The lowest BCUT2D eigenvalue weighted by atomic mass is 9.87. The molecule has 2 aromatic carbocycles. The first kappa shape index (κ1) is 18.9. The Morgan fingerprint density at radius 1 is 1.00 bits per heavy atom. The summed E-state index contributed by atoms with van der Waals surface area (Å²) in [5.41, 5.74) is 3.65. The SMILES string of the molecule is CC(C)(C)c1ccc(OCCn2cc(/C=N\n3cnnc3)c3ccccc32)cc1. The molecule has 0 N–H and O–H groups in total. The molecule has 0 radical (unpaired) electrons. The van der Waals surface area contributed by atoms with Gasteiger partial charge in [-0.05, 0) is 29.2 Å². The van der Waals surface area contributed by atoms with Gasteiger partial charge >= 0.3 is 0 Å². The van der Waals surface area contributed by atoms with Crippen molar-refractivity contribution >= 4 is 17.1 Å².